The molecular formula is C41H23N5O. The monoisotopic (exact) mass is 601 g/mol. The molecular weight excluding hydrogens is 578 g/mol. The zero-order chi connectivity index (χ0) is 31.1. The van der Waals surface area contributed by atoms with E-state index in [4.69, 9.17) is 14.4 Å². The largest absolute Gasteiger partial charge is 0.452 e. The number of fused-ring (bicyclic) bond motifs is 9. The second-order valence-electron chi connectivity index (χ2n) is 11.7. The molecule has 0 spiro atoms. The third kappa shape index (κ3) is 3.59. The van der Waals surface area contributed by atoms with Gasteiger partial charge in [-0.2, -0.15) is 5.26 Å². The minimum Gasteiger partial charge on any atom is -0.452 e. The van der Waals surface area contributed by atoms with Gasteiger partial charge in [-0.1, -0.05) is 84.9 Å². The smallest absolute Gasteiger partial charge is 0.236 e. The van der Waals surface area contributed by atoms with Gasteiger partial charge in [0.05, 0.1) is 39.4 Å². The van der Waals surface area contributed by atoms with Gasteiger partial charge >= 0.3 is 0 Å². The van der Waals surface area contributed by atoms with Crippen molar-refractivity contribution < 1.29 is 4.42 Å². The Balaban J connectivity index is 1.34. The van der Waals surface area contributed by atoms with Crippen LogP contribution in [0.25, 0.3) is 88.6 Å². The highest BCUT2D eigenvalue weighted by Crippen LogP contribution is 2.41. The zero-order valence-electron chi connectivity index (χ0n) is 24.9. The molecule has 4 heterocycles. The van der Waals surface area contributed by atoms with Crippen molar-refractivity contribution in [1.29, 1.82) is 5.26 Å². The predicted octanol–water partition coefficient (Wildman–Crippen LogP) is 10.1. The topological polar surface area (TPSA) is 72.6 Å². The van der Waals surface area contributed by atoms with Gasteiger partial charge in [0.1, 0.15) is 16.8 Å². The molecule has 0 bridgehead atoms. The molecule has 6 heteroatoms. The molecule has 6 nitrogen and oxygen atoms in total. The zero-order valence-corrected chi connectivity index (χ0v) is 24.9. The third-order valence-electron chi connectivity index (χ3n) is 9.19. The van der Waals surface area contributed by atoms with Crippen molar-refractivity contribution >= 4 is 65.7 Å². The van der Waals surface area contributed by atoms with E-state index < -0.39 is 0 Å². The van der Waals surface area contributed by atoms with Crippen LogP contribution in [0.1, 0.15) is 5.56 Å². The average Bonchev–Trinajstić information content (AvgIpc) is 3.79. The van der Waals surface area contributed by atoms with E-state index in [9.17, 15) is 5.26 Å². The summed E-state index contributed by atoms with van der Waals surface area (Å²) in [6, 6.07) is 49.7. The number of furan rings is 1. The summed E-state index contributed by atoms with van der Waals surface area (Å²) in [5, 5.41) is 15.0. The second-order valence-corrected chi connectivity index (χ2v) is 11.7. The minimum atomic E-state index is 0.534. The average molecular weight is 602 g/mol. The molecule has 218 valence electrons. The van der Waals surface area contributed by atoms with E-state index in [0.717, 1.165) is 60.6 Å². The number of hydrogen-bond donors (Lipinski definition) is 0. The molecule has 0 fully saturated rings. The van der Waals surface area contributed by atoms with Gasteiger partial charge in [-0.15, -0.1) is 0 Å². The number of benzene rings is 6. The Morgan fingerprint density at radius 3 is 1.83 bits per heavy atom. The second kappa shape index (κ2) is 9.64. The Hall–Kier alpha value is -6.71. The van der Waals surface area contributed by atoms with Crippen LogP contribution in [0.15, 0.2) is 144 Å². The van der Waals surface area contributed by atoms with Gasteiger partial charge in [0.15, 0.2) is 5.58 Å². The SMILES string of the molecule is N#Cc1ccc2c(c1)c1ccccc1n2-c1nc(-c2ccccc2-n2c3ccccc3c3ccccc32)c2oc3ccccc3c2n1. The van der Waals surface area contributed by atoms with E-state index in [1.54, 1.807) is 0 Å². The van der Waals surface area contributed by atoms with E-state index >= 15 is 0 Å². The first-order valence-electron chi connectivity index (χ1n) is 15.5. The number of nitrogens with zero attached hydrogens (tertiary/aromatic N) is 5. The van der Waals surface area contributed by atoms with E-state index in [0.29, 0.717) is 22.8 Å². The molecule has 4 aromatic heterocycles. The van der Waals surface area contributed by atoms with Crippen LogP contribution in [0, 0.1) is 11.3 Å². The predicted molar refractivity (Wildman–Crippen MR) is 188 cm³/mol. The van der Waals surface area contributed by atoms with Crippen molar-refractivity contribution in [2.75, 3.05) is 0 Å². The first-order valence-corrected chi connectivity index (χ1v) is 15.5. The summed E-state index contributed by atoms with van der Waals surface area (Å²) in [6.07, 6.45) is 0. The van der Waals surface area contributed by atoms with Crippen LogP contribution < -0.4 is 0 Å². The lowest BCUT2D eigenvalue weighted by molar-refractivity contribution is 0.666. The van der Waals surface area contributed by atoms with Gasteiger partial charge < -0.3 is 8.98 Å². The Morgan fingerprint density at radius 1 is 0.532 bits per heavy atom. The van der Waals surface area contributed by atoms with Crippen molar-refractivity contribution in [2.45, 2.75) is 0 Å². The maximum Gasteiger partial charge on any atom is 0.236 e. The van der Waals surface area contributed by atoms with Gasteiger partial charge in [0, 0.05) is 32.5 Å². The first kappa shape index (κ1) is 25.6. The van der Waals surface area contributed by atoms with Gasteiger partial charge in [-0.3, -0.25) is 4.57 Å². The fraction of sp³-hybridized carbons (Fsp3) is 0. The number of hydrogen-bond acceptors (Lipinski definition) is 4. The molecule has 0 atom stereocenters. The van der Waals surface area contributed by atoms with Gasteiger partial charge in [-0.05, 0) is 54.6 Å². The van der Waals surface area contributed by atoms with Crippen LogP contribution in [0.2, 0.25) is 0 Å². The minimum absolute atomic E-state index is 0.534. The van der Waals surface area contributed by atoms with Gasteiger partial charge in [-0.25, -0.2) is 9.97 Å². The summed E-state index contributed by atoms with van der Waals surface area (Å²) in [4.78, 5) is 10.6. The van der Waals surface area contributed by atoms with Crippen molar-refractivity contribution in [1.82, 2.24) is 19.1 Å². The van der Waals surface area contributed by atoms with Crippen LogP contribution >= 0.6 is 0 Å². The molecule has 10 rings (SSSR count). The van der Waals surface area contributed by atoms with Gasteiger partial charge in [0.25, 0.3) is 0 Å². The van der Waals surface area contributed by atoms with E-state index in [2.05, 4.69) is 94.1 Å². The normalized spacial score (nSPS) is 11.8. The Bertz CT molecular complexity index is 2880. The Morgan fingerprint density at radius 2 is 1.11 bits per heavy atom. The number of rotatable bonds is 3. The molecule has 10 aromatic rings. The van der Waals surface area contributed by atoms with Crippen LogP contribution in [0.3, 0.4) is 0 Å². The maximum absolute atomic E-state index is 9.69. The summed E-state index contributed by atoms with van der Waals surface area (Å²) in [5.41, 5.74) is 9.51. The molecule has 0 saturated carbocycles. The van der Waals surface area contributed by atoms with Crippen molar-refractivity contribution in [3.63, 3.8) is 0 Å². The molecule has 0 aliphatic rings. The van der Waals surface area contributed by atoms with Crippen LogP contribution in [-0.2, 0) is 0 Å². The lowest BCUT2D eigenvalue weighted by atomic mass is 10.1. The highest BCUT2D eigenvalue weighted by atomic mass is 16.3. The highest BCUT2D eigenvalue weighted by Gasteiger charge is 2.23. The summed E-state index contributed by atoms with van der Waals surface area (Å²) in [5.74, 6) is 0.534. The van der Waals surface area contributed by atoms with E-state index in [1.165, 1.54) is 10.8 Å². The number of aromatic nitrogens is 4. The molecule has 0 N–H and O–H groups in total. The molecule has 6 aromatic carbocycles. The molecule has 47 heavy (non-hydrogen) atoms. The molecule has 0 amide bonds. The fourth-order valence-electron chi connectivity index (χ4n) is 7.17. The van der Waals surface area contributed by atoms with Crippen LogP contribution in [0.5, 0.6) is 0 Å². The number of nitriles is 1. The molecule has 0 unspecified atom stereocenters. The van der Waals surface area contributed by atoms with Crippen molar-refractivity contribution in [3.05, 3.63) is 145 Å². The highest BCUT2D eigenvalue weighted by molar-refractivity contribution is 6.12. The van der Waals surface area contributed by atoms with E-state index in [-0.39, 0.29) is 0 Å². The Kier molecular flexibility index (Phi) is 5.25. The third-order valence-corrected chi connectivity index (χ3v) is 9.19. The number of para-hydroxylation sites is 5. The summed E-state index contributed by atoms with van der Waals surface area (Å²) < 4.78 is 11.0. The summed E-state index contributed by atoms with van der Waals surface area (Å²) in [7, 11) is 0. The first-order chi connectivity index (χ1) is 23.3. The fourth-order valence-corrected chi connectivity index (χ4v) is 7.17. The molecule has 0 saturated heterocycles. The van der Waals surface area contributed by atoms with E-state index in [1.807, 2.05) is 60.7 Å². The van der Waals surface area contributed by atoms with Crippen molar-refractivity contribution in [2.24, 2.45) is 0 Å². The van der Waals surface area contributed by atoms with Gasteiger partial charge in [0.2, 0.25) is 5.95 Å². The lowest BCUT2D eigenvalue weighted by Gasteiger charge is -2.15. The summed E-state index contributed by atoms with van der Waals surface area (Å²) in [6.45, 7) is 0. The van der Waals surface area contributed by atoms with Crippen LogP contribution in [-0.4, -0.2) is 19.1 Å². The summed E-state index contributed by atoms with van der Waals surface area (Å²) >= 11 is 0. The quantitative estimate of drug-likeness (QED) is 0.202. The Labute approximate surface area is 268 Å². The van der Waals surface area contributed by atoms with Crippen LogP contribution in [0.4, 0.5) is 0 Å². The molecule has 0 aliphatic carbocycles. The lowest BCUT2D eigenvalue weighted by Crippen LogP contribution is -2.04. The molecule has 0 radical (unpaired) electrons. The standard InChI is InChI=1S/C41H23N5O/c42-24-25-21-22-36-31(23-25)28-13-3-8-18-34(28)46(36)41-43-38(40-39(44-41)30-15-5-10-20-37(30)47-40)29-14-4-9-19-35(29)45-32-16-6-1-11-26(32)27-12-2-7-17-33(27)45/h1-23H. The molecule has 0 aliphatic heterocycles. The maximum atomic E-state index is 9.69. The van der Waals surface area contributed by atoms with Crippen molar-refractivity contribution in [3.8, 4) is 29.0 Å².